The number of nitrogens with two attached hydrogens (primary N) is 1. The van der Waals surface area contributed by atoms with Crippen molar-refractivity contribution in [1.82, 2.24) is 4.98 Å². The van der Waals surface area contributed by atoms with Crippen molar-refractivity contribution in [3.05, 3.63) is 53.2 Å². The van der Waals surface area contributed by atoms with Gasteiger partial charge in [-0.25, -0.2) is 9.98 Å². The quantitative estimate of drug-likeness (QED) is 0.668. The van der Waals surface area contributed by atoms with Gasteiger partial charge in [0.15, 0.2) is 5.96 Å². The molecule has 21 heavy (non-hydrogen) atoms. The van der Waals surface area contributed by atoms with Gasteiger partial charge in [0, 0.05) is 17.4 Å². The normalized spacial score (nSPS) is 11.3. The maximum atomic E-state index is 5.91. The maximum absolute atomic E-state index is 5.91. The van der Waals surface area contributed by atoms with Crippen LogP contribution in [-0.2, 0) is 6.54 Å². The highest BCUT2D eigenvalue weighted by atomic mass is 16.5. The van der Waals surface area contributed by atoms with E-state index in [0.29, 0.717) is 18.4 Å². The predicted molar refractivity (Wildman–Crippen MR) is 85.7 cm³/mol. The van der Waals surface area contributed by atoms with Crippen molar-refractivity contribution in [2.45, 2.75) is 20.4 Å². The molecule has 0 unspecified atom stereocenters. The van der Waals surface area contributed by atoms with E-state index in [0.717, 1.165) is 11.3 Å². The molecule has 0 bridgehead atoms. The van der Waals surface area contributed by atoms with Crippen molar-refractivity contribution < 1.29 is 4.74 Å². The third-order valence-electron chi connectivity index (χ3n) is 3.24. The molecule has 0 saturated heterocycles. The van der Waals surface area contributed by atoms with Crippen LogP contribution in [0.1, 0.15) is 16.7 Å². The van der Waals surface area contributed by atoms with Crippen molar-refractivity contribution in [2.24, 2.45) is 10.7 Å². The number of aromatic nitrogens is 1. The van der Waals surface area contributed by atoms with Gasteiger partial charge in [-0.3, -0.25) is 0 Å². The highest BCUT2D eigenvalue weighted by Crippen LogP contribution is 2.15. The molecule has 3 N–H and O–H groups in total. The summed E-state index contributed by atoms with van der Waals surface area (Å²) in [5, 5.41) is 3.08. The summed E-state index contributed by atoms with van der Waals surface area (Å²) >= 11 is 0. The Balaban J connectivity index is 2.05. The Labute approximate surface area is 124 Å². The summed E-state index contributed by atoms with van der Waals surface area (Å²) in [7, 11) is 1.59. The van der Waals surface area contributed by atoms with Crippen molar-refractivity contribution in [3.8, 4) is 5.88 Å². The number of aryl methyl sites for hydroxylation is 2. The van der Waals surface area contributed by atoms with E-state index in [1.54, 1.807) is 13.3 Å². The van der Waals surface area contributed by atoms with E-state index in [2.05, 4.69) is 35.2 Å². The first-order valence-corrected chi connectivity index (χ1v) is 6.72. The zero-order chi connectivity index (χ0) is 15.2. The van der Waals surface area contributed by atoms with E-state index in [4.69, 9.17) is 10.5 Å². The molecular formula is C16H20N4O. The molecule has 0 spiro atoms. The van der Waals surface area contributed by atoms with Crippen LogP contribution in [0.15, 0.2) is 41.5 Å². The zero-order valence-electron chi connectivity index (χ0n) is 12.6. The largest absolute Gasteiger partial charge is 0.481 e. The molecule has 0 fully saturated rings. The first kappa shape index (κ1) is 14.8. The van der Waals surface area contributed by atoms with Crippen LogP contribution < -0.4 is 15.8 Å². The van der Waals surface area contributed by atoms with Gasteiger partial charge in [-0.2, -0.15) is 0 Å². The van der Waals surface area contributed by atoms with Gasteiger partial charge in [-0.05, 0) is 43.2 Å². The van der Waals surface area contributed by atoms with Crippen LogP contribution in [0, 0.1) is 13.8 Å². The highest BCUT2D eigenvalue weighted by molar-refractivity contribution is 5.92. The minimum atomic E-state index is 0.365. The number of hydrogen-bond acceptors (Lipinski definition) is 3. The summed E-state index contributed by atoms with van der Waals surface area (Å²) in [5.74, 6) is 0.935. The zero-order valence-corrected chi connectivity index (χ0v) is 12.6. The summed E-state index contributed by atoms with van der Waals surface area (Å²) in [6.07, 6.45) is 1.68. The minimum absolute atomic E-state index is 0.365. The Bertz CT molecular complexity index is 652. The maximum Gasteiger partial charge on any atom is 0.218 e. The van der Waals surface area contributed by atoms with Crippen LogP contribution in [0.4, 0.5) is 5.69 Å². The molecule has 0 radical (unpaired) electrons. The SMILES string of the molecule is COc1ncccc1CN=C(N)Nc1ccc(C)c(C)c1. The van der Waals surface area contributed by atoms with Gasteiger partial charge < -0.3 is 15.8 Å². The molecule has 1 heterocycles. The second kappa shape index (κ2) is 6.74. The molecule has 0 saturated carbocycles. The van der Waals surface area contributed by atoms with Gasteiger partial charge in [0.2, 0.25) is 5.88 Å². The summed E-state index contributed by atoms with van der Waals surface area (Å²) < 4.78 is 5.18. The fourth-order valence-electron chi connectivity index (χ4n) is 1.91. The molecule has 110 valence electrons. The van der Waals surface area contributed by atoms with E-state index in [-0.39, 0.29) is 0 Å². The lowest BCUT2D eigenvalue weighted by Crippen LogP contribution is -2.22. The molecule has 0 aliphatic rings. The Hall–Kier alpha value is -2.56. The Kier molecular flexibility index (Phi) is 4.77. The van der Waals surface area contributed by atoms with Gasteiger partial charge in [0.25, 0.3) is 0 Å². The summed E-state index contributed by atoms with van der Waals surface area (Å²) in [6.45, 7) is 4.56. The van der Waals surface area contributed by atoms with Crippen molar-refractivity contribution in [1.29, 1.82) is 0 Å². The molecule has 0 aliphatic heterocycles. The average molecular weight is 284 g/mol. The molecular weight excluding hydrogens is 264 g/mol. The van der Waals surface area contributed by atoms with Gasteiger partial charge in [-0.15, -0.1) is 0 Å². The number of aliphatic imine (C=N–C) groups is 1. The fourth-order valence-corrected chi connectivity index (χ4v) is 1.91. The molecule has 5 nitrogen and oxygen atoms in total. The fraction of sp³-hybridized carbons (Fsp3) is 0.250. The molecule has 5 heteroatoms. The number of pyridine rings is 1. The van der Waals surface area contributed by atoms with Gasteiger partial charge in [-0.1, -0.05) is 12.1 Å². The number of benzene rings is 1. The van der Waals surface area contributed by atoms with Crippen LogP contribution in [0.5, 0.6) is 5.88 Å². The molecule has 1 aromatic carbocycles. The Morgan fingerprint density at radius 2 is 2.10 bits per heavy atom. The highest BCUT2D eigenvalue weighted by Gasteiger charge is 2.03. The lowest BCUT2D eigenvalue weighted by molar-refractivity contribution is 0.392. The first-order chi connectivity index (χ1) is 10.1. The third-order valence-corrected chi connectivity index (χ3v) is 3.24. The number of nitrogens with zero attached hydrogens (tertiary/aromatic N) is 2. The van der Waals surface area contributed by atoms with Gasteiger partial charge in [0.1, 0.15) is 0 Å². The summed E-state index contributed by atoms with van der Waals surface area (Å²) in [4.78, 5) is 8.44. The van der Waals surface area contributed by atoms with Gasteiger partial charge in [0.05, 0.1) is 13.7 Å². The van der Waals surface area contributed by atoms with E-state index < -0.39 is 0 Å². The number of ether oxygens (including phenoxy) is 1. The lowest BCUT2D eigenvalue weighted by Gasteiger charge is -2.09. The number of nitrogens with one attached hydrogen (secondary N) is 1. The monoisotopic (exact) mass is 284 g/mol. The van der Waals surface area contributed by atoms with Crippen molar-refractivity contribution in [3.63, 3.8) is 0 Å². The predicted octanol–water partition coefficient (Wildman–Crippen LogP) is 2.63. The van der Waals surface area contributed by atoms with Crippen LogP contribution in [0.3, 0.4) is 0 Å². The lowest BCUT2D eigenvalue weighted by atomic mass is 10.1. The molecule has 2 rings (SSSR count). The third kappa shape index (κ3) is 3.95. The molecule has 1 aromatic heterocycles. The van der Waals surface area contributed by atoms with Gasteiger partial charge >= 0.3 is 0 Å². The Morgan fingerprint density at radius 3 is 2.81 bits per heavy atom. The van der Waals surface area contributed by atoms with Crippen LogP contribution in [-0.4, -0.2) is 18.1 Å². The smallest absolute Gasteiger partial charge is 0.218 e. The molecule has 0 amide bonds. The molecule has 2 aromatic rings. The molecule has 0 atom stereocenters. The summed E-state index contributed by atoms with van der Waals surface area (Å²) in [6, 6.07) is 9.84. The van der Waals surface area contributed by atoms with E-state index >= 15 is 0 Å². The minimum Gasteiger partial charge on any atom is -0.481 e. The number of rotatable bonds is 4. The number of anilines is 1. The van der Waals surface area contributed by atoms with Crippen molar-refractivity contribution >= 4 is 11.6 Å². The number of methoxy groups -OCH3 is 1. The second-order valence-corrected chi connectivity index (χ2v) is 4.80. The number of guanidine groups is 1. The van der Waals surface area contributed by atoms with Crippen molar-refractivity contribution in [2.75, 3.05) is 12.4 Å². The van der Waals surface area contributed by atoms with Crippen LogP contribution >= 0.6 is 0 Å². The van der Waals surface area contributed by atoms with E-state index in [1.165, 1.54) is 11.1 Å². The first-order valence-electron chi connectivity index (χ1n) is 6.72. The topological polar surface area (TPSA) is 72.5 Å². The molecule has 0 aliphatic carbocycles. The second-order valence-electron chi connectivity index (χ2n) is 4.80. The Morgan fingerprint density at radius 1 is 1.29 bits per heavy atom. The number of hydrogen-bond donors (Lipinski definition) is 2. The average Bonchev–Trinajstić information content (AvgIpc) is 2.49. The van der Waals surface area contributed by atoms with E-state index in [9.17, 15) is 0 Å². The van der Waals surface area contributed by atoms with Crippen LogP contribution in [0.25, 0.3) is 0 Å². The van der Waals surface area contributed by atoms with E-state index in [1.807, 2.05) is 24.3 Å². The summed E-state index contributed by atoms with van der Waals surface area (Å²) in [5.41, 5.74) is 10.2. The standard InChI is InChI=1S/C16H20N4O/c1-11-6-7-14(9-12(11)2)20-16(17)19-10-13-5-4-8-18-15(13)21-3/h4-9H,10H2,1-3H3,(H3,17,19,20). The van der Waals surface area contributed by atoms with Crippen LogP contribution in [0.2, 0.25) is 0 Å².